The maximum absolute atomic E-state index is 2.42. The molecule has 3 aliphatic carbocycles. The van der Waals surface area contributed by atoms with Crippen molar-refractivity contribution >= 4 is 0 Å². The van der Waals surface area contributed by atoms with E-state index in [4.69, 9.17) is 0 Å². The summed E-state index contributed by atoms with van der Waals surface area (Å²) in [5.41, 5.74) is 0. The lowest BCUT2D eigenvalue weighted by atomic mass is 9.95. The van der Waals surface area contributed by atoms with Gasteiger partial charge in [-0.2, -0.15) is 0 Å². The van der Waals surface area contributed by atoms with E-state index < -0.39 is 0 Å². The number of hydrogen-bond donors (Lipinski definition) is 0. The molecule has 0 radical (unpaired) electrons. The molecule has 46 valence electrons. The van der Waals surface area contributed by atoms with Crippen LogP contribution in [-0.4, -0.2) is 0 Å². The first-order valence-corrected chi connectivity index (χ1v) is 3.82. The van der Waals surface area contributed by atoms with Crippen LogP contribution in [0.4, 0.5) is 0 Å². The highest BCUT2D eigenvalue weighted by molar-refractivity contribution is 5.28. The molecule has 0 aromatic rings. The van der Waals surface area contributed by atoms with Gasteiger partial charge in [0.2, 0.25) is 0 Å². The van der Waals surface area contributed by atoms with Gasteiger partial charge in [0.15, 0.2) is 0 Å². The van der Waals surface area contributed by atoms with Gasteiger partial charge >= 0.3 is 0 Å². The van der Waals surface area contributed by atoms with E-state index in [0.29, 0.717) is 0 Å². The van der Waals surface area contributed by atoms with Gasteiger partial charge in [-0.1, -0.05) is 24.3 Å². The molecule has 0 heteroatoms. The van der Waals surface area contributed by atoms with E-state index in [-0.39, 0.29) is 0 Å². The van der Waals surface area contributed by atoms with E-state index in [0.717, 1.165) is 23.7 Å². The monoisotopic (exact) mass is 118 g/mol. The highest BCUT2D eigenvalue weighted by Crippen LogP contribution is 2.60. The SMILES string of the molecule is C1=CC2C3C=CC(C1)C23. The minimum atomic E-state index is 0.935. The largest absolute Gasteiger partial charge is 0.0876 e. The van der Waals surface area contributed by atoms with Gasteiger partial charge in [0.05, 0.1) is 0 Å². The Hall–Kier alpha value is -0.520. The smallest absolute Gasteiger partial charge is 0.0127 e. The third-order valence-electron chi connectivity index (χ3n) is 3.03. The van der Waals surface area contributed by atoms with Crippen molar-refractivity contribution in [2.45, 2.75) is 6.42 Å². The van der Waals surface area contributed by atoms with Crippen LogP contribution in [0.15, 0.2) is 24.3 Å². The van der Waals surface area contributed by atoms with Crippen LogP contribution in [-0.2, 0) is 0 Å². The molecule has 3 rings (SSSR count). The van der Waals surface area contributed by atoms with Gasteiger partial charge in [0.25, 0.3) is 0 Å². The van der Waals surface area contributed by atoms with Crippen molar-refractivity contribution in [1.82, 2.24) is 0 Å². The molecule has 0 bridgehead atoms. The number of allylic oxidation sites excluding steroid dienone is 4. The number of fused-ring (bicyclic) bond motifs is 1. The third-order valence-corrected chi connectivity index (χ3v) is 3.03. The van der Waals surface area contributed by atoms with Crippen LogP contribution >= 0.6 is 0 Å². The first-order valence-electron chi connectivity index (χ1n) is 3.82. The fourth-order valence-electron chi connectivity index (χ4n) is 2.50. The Morgan fingerprint density at radius 2 is 1.89 bits per heavy atom. The predicted molar refractivity (Wildman–Crippen MR) is 36.9 cm³/mol. The zero-order valence-corrected chi connectivity index (χ0v) is 5.33. The lowest BCUT2D eigenvalue weighted by molar-refractivity contribution is 0.546. The highest BCUT2D eigenvalue weighted by Gasteiger charge is 2.54. The third kappa shape index (κ3) is 0.375. The van der Waals surface area contributed by atoms with Crippen molar-refractivity contribution in [2.24, 2.45) is 23.7 Å². The molecule has 0 aliphatic heterocycles. The molecule has 3 aliphatic rings. The van der Waals surface area contributed by atoms with E-state index in [1.807, 2.05) is 0 Å². The molecule has 1 saturated carbocycles. The van der Waals surface area contributed by atoms with Gasteiger partial charge in [-0.15, -0.1) is 0 Å². The summed E-state index contributed by atoms with van der Waals surface area (Å²) < 4.78 is 0. The van der Waals surface area contributed by atoms with Crippen molar-refractivity contribution < 1.29 is 0 Å². The van der Waals surface area contributed by atoms with E-state index in [1.165, 1.54) is 6.42 Å². The van der Waals surface area contributed by atoms with Gasteiger partial charge in [-0.05, 0) is 30.1 Å². The summed E-state index contributed by atoms with van der Waals surface area (Å²) in [7, 11) is 0. The minimum Gasteiger partial charge on any atom is -0.0876 e. The summed E-state index contributed by atoms with van der Waals surface area (Å²) in [4.78, 5) is 0. The van der Waals surface area contributed by atoms with Crippen molar-refractivity contribution in [3.05, 3.63) is 24.3 Å². The molecule has 0 N–H and O–H groups in total. The summed E-state index contributed by atoms with van der Waals surface area (Å²) in [6.45, 7) is 0. The van der Waals surface area contributed by atoms with Crippen LogP contribution in [0.1, 0.15) is 6.42 Å². The van der Waals surface area contributed by atoms with Crippen molar-refractivity contribution in [3.63, 3.8) is 0 Å². The second-order valence-corrected chi connectivity index (χ2v) is 3.44. The molecule has 0 spiro atoms. The van der Waals surface area contributed by atoms with Gasteiger partial charge in [0, 0.05) is 0 Å². The fraction of sp³-hybridized carbons (Fsp3) is 0.556. The van der Waals surface area contributed by atoms with Crippen molar-refractivity contribution in [1.29, 1.82) is 0 Å². The second kappa shape index (κ2) is 1.16. The Kier molecular flexibility index (Phi) is 0.555. The standard InChI is InChI=1S/C9H10/c1-2-6-4-5-8-7(3-1)9(6)8/h1,3-9H,2H2. The molecule has 4 unspecified atom stereocenters. The van der Waals surface area contributed by atoms with Crippen LogP contribution in [0.5, 0.6) is 0 Å². The maximum atomic E-state index is 2.42. The van der Waals surface area contributed by atoms with Crippen LogP contribution in [0.25, 0.3) is 0 Å². The topological polar surface area (TPSA) is 0 Å². The van der Waals surface area contributed by atoms with Crippen LogP contribution < -0.4 is 0 Å². The van der Waals surface area contributed by atoms with Crippen molar-refractivity contribution in [2.75, 3.05) is 0 Å². The summed E-state index contributed by atoms with van der Waals surface area (Å²) in [5.74, 6) is 3.92. The average molecular weight is 118 g/mol. The number of rotatable bonds is 0. The molecule has 0 aromatic heterocycles. The Balaban J connectivity index is 2.08. The van der Waals surface area contributed by atoms with Crippen LogP contribution in [0.3, 0.4) is 0 Å². The first kappa shape index (κ1) is 4.32. The van der Waals surface area contributed by atoms with E-state index in [9.17, 15) is 0 Å². The summed E-state index contributed by atoms with van der Waals surface area (Å²) >= 11 is 0. The van der Waals surface area contributed by atoms with E-state index >= 15 is 0 Å². The molecule has 0 heterocycles. The Morgan fingerprint density at radius 3 is 2.67 bits per heavy atom. The first-order chi connectivity index (χ1) is 4.47. The molecule has 0 saturated heterocycles. The molecule has 9 heavy (non-hydrogen) atoms. The molecular formula is C9H10. The van der Waals surface area contributed by atoms with Crippen LogP contribution in [0, 0.1) is 23.7 Å². The molecule has 1 fully saturated rings. The maximum Gasteiger partial charge on any atom is -0.0127 e. The van der Waals surface area contributed by atoms with Gasteiger partial charge in [-0.25, -0.2) is 0 Å². The second-order valence-electron chi connectivity index (χ2n) is 3.44. The Morgan fingerprint density at radius 1 is 1.00 bits per heavy atom. The summed E-state index contributed by atoms with van der Waals surface area (Å²) in [6.07, 6.45) is 10.9. The zero-order chi connectivity index (χ0) is 5.84. The Bertz CT molecular complexity index is 200. The molecule has 0 nitrogen and oxygen atoms in total. The van der Waals surface area contributed by atoms with Gasteiger partial charge in [-0.3, -0.25) is 0 Å². The molecular weight excluding hydrogens is 108 g/mol. The lowest BCUT2D eigenvalue weighted by Gasteiger charge is -2.10. The average Bonchev–Trinajstić information content (AvgIpc) is 2.35. The molecule has 4 atom stereocenters. The Labute approximate surface area is 55.3 Å². The summed E-state index contributed by atoms with van der Waals surface area (Å²) in [6, 6.07) is 0. The molecule has 0 aromatic carbocycles. The summed E-state index contributed by atoms with van der Waals surface area (Å²) in [5, 5.41) is 0. The fourth-order valence-corrected chi connectivity index (χ4v) is 2.50. The normalized spacial score (nSPS) is 57.8. The number of hydrogen-bond acceptors (Lipinski definition) is 0. The quantitative estimate of drug-likeness (QED) is 0.427. The van der Waals surface area contributed by atoms with Crippen molar-refractivity contribution in [3.8, 4) is 0 Å². The van der Waals surface area contributed by atoms with Crippen LogP contribution in [0.2, 0.25) is 0 Å². The highest BCUT2D eigenvalue weighted by atomic mass is 14.6. The minimum absolute atomic E-state index is 0.935. The zero-order valence-electron chi connectivity index (χ0n) is 5.33. The molecule has 0 amide bonds. The predicted octanol–water partition coefficient (Wildman–Crippen LogP) is 1.99. The van der Waals surface area contributed by atoms with E-state index in [2.05, 4.69) is 24.3 Å². The lowest BCUT2D eigenvalue weighted by Crippen LogP contribution is -2.00. The van der Waals surface area contributed by atoms with Gasteiger partial charge in [0.1, 0.15) is 0 Å². The van der Waals surface area contributed by atoms with E-state index in [1.54, 1.807) is 0 Å². The van der Waals surface area contributed by atoms with Gasteiger partial charge < -0.3 is 0 Å².